The van der Waals surface area contributed by atoms with E-state index in [0.717, 1.165) is 12.0 Å². The number of piperidine rings is 1. The van der Waals surface area contributed by atoms with Crippen molar-refractivity contribution in [3.63, 3.8) is 0 Å². The fraction of sp³-hybridized carbons (Fsp3) is 0.263. The van der Waals surface area contributed by atoms with Crippen LogP contribution in [-0.4, -0.2) is 36.0 Å². The molecule has 0 radical (unpaired) electrons. The summed E-state index contributed by atoms with van der Waals surface area (Å²) in [6.07, 6.45) is 1.50. The Morgan fingerprint density at radius 2 is 1.86 bits per heavy atom. The van der Waals surface area contributed by atoms with Crippen molar-refractivity contribution in [3.05, 3.63) is 64.5 Å². The molecule has 0 aliphatic carbocycles. The molecule has 0 spiro atoms. The lowest BCUT2D eigenvalue weighted by Gasteiger charge is -2.30. The second kappa shape index (κ2) is 7.83. The highest BCUT2D eigenvalue weighted by molar-refractivity contribution is 7.89. The van der Waals surface area contributed by atoms with Crippen LogP contribution in [0.5, 0.6) is 0 Å². The first-order chi connectivity index (χ1) is 13.4. The smallest absolute Gasteiger partial charge is 0.243 e. The van der Waals surface area contributed by atoms with Crippen LogP contribution in [0.2, 0.25) is 10.0 Å². The SMILES string of the molecule is O=S(=O)(c1ccc(Cl)cc1)N1CCC[C@@H](c2nc(-c3cccc(Cl)c3)no2)C1. The maximum Gasteiger partial charge on any atom is 0.243 e. The van der Waals surface area contributed by atoms with Crippen molar-refractivity contribution in [1.29, 1.82) is 0 Å². The number of aromatic nitrogens is 2. The van der Waals surface area contributed by atoms with Crippen molar-refractivity contribution in [1.82, 2.24) is 14.4 Å². The zero-order valence-electron chi connectivity index (χ0n) is 14.8. The van der Waals surface area contributed by atoms with Gasteiger partial charge in [-0.3, -0.25) is 0 Å². The molecular formula is C19H17Cl2N3O3S. The van der Waals surface area contributed by atoms with Gasteiger partial charge in [0, 0.05) is 28.7 Å². The number of nitrogens with zero attached hydrogens (tertiary/aromatic N) is 3. The van der Waals surface area contributed by atoms with Gasteiger partial charge in [-0.15, -0.1) is 0 Å². The molecule has 1 saturated heterocycles. The number of sulfonamides is 1. The number of halogens is 2. The molecule has 4 rings (SSSR count). The third-order valence-corrected chi connectivity index (χ3v) is 7.08. The van der Waals surface area contributed by atoms with Gasteiger partial charge in [-0.05, 0) is 49.2 Å². The van der Waals surface area contributed by atoms with Crippen molar-refractivity contribution in [3.8, 4) is 11.4 Å². The molecule has 1 aliphatic heterocycles. The van der Waals surface area contributed by atoms with Crippen LogP contribution in [0.15, 0.2) is 57.9 Å². The van der Waals surface area contributed by atoms with Crippen molar-refractivity contribution >= 4 is 33.2 Å². The predicted molar refractivity (Wildman–Crippen MR) is 107 cm³/mol. The molecule has 2 heterocycles. The molecular weight excluding hydrogens is 421 g/mol. The van der Waals surface area contributed by atoms with Gasteiger partial charge in [0.25, 0.3) is 0 Å². The van der Waals surface area contributed by atoms with Gasteiger partial charge in [-0.2, -0.15) is 9.29 Å². The molecule has 1 fully saturated rings. The maximum absolute atomic E-state index is 12.9. The van der Waals surface area contributed by atoms with E-state index in [1.54, 1.807) is 24.3 Å². The highest BCUT2D eigenvalue weighted by atomic mass is 35.5. The highest BCUT2D eigenvalue weighted by Crippen LogP contribution is 2.31. The van der Waals surface area contributed by atoms with E-state index in [1.807, 2.05) is 12.1 Å². The predicted octanol–water partition coefficient (Wildman–Crippen LogP) is 4.61. The van der Waals surface area contributed by atoms with Crippen molar-refractivity contribution in [2.45, 2.75) is 23.7 Å². The van der Waals surface area contributed by atoms with Gasteiger partial charge < -0.3 is 4.52 Å². The van der Waals surface area contributed by atoms with E-state index in [9.17, 15) is 8.42 Å². The van der Waals surface area contributed by atoms with Gasteiger partial charge in [0.15, 0.2) is 0 Å². The first-order valence-electron chi connectivity index (χ1n) is 8.79. The van der Waals surface area contributed by atoms with E-state index in [-0.39, 0.29) is 10.8 Å². The molecule has 0 amide bonds. The summed E-state index contributed by atoms with van der Waals surface area (Å²) < 4.78 is 32.8. The Morgan fingerprint density at radius 1 is 1.07 bits per heavy atom. The Balaban J connectivity index is 1.55. The van der Waals surface area contributed by atoms with Crippen molar-refractivity contribution in [2.24, 2.45) is 0 Å². The Kier molecular flexibility index (Phi) is 5.42. The van der Waals surface area contributed by atoms with Crippen LogP contribution >= 0.6 is 23.2 Å². The average Bonchev–Trinajstić information content (AvgIpc) is 3.19. The standard InChI is InChI=1S/C19H17Cl2N3O3S/c20-15-6-8-17(9-7-15)28(25,26)24-10-2-4-14(12-24)19-22-18(23-27-19)13-3-1-5-16(21)11-13/h1,3,5-9,11,14H,2,4,10,12H2/t14-/m1/s1. The van der Waals surface area contributed by atoms with E-state index >= 15 is 0 Å². The molecule has 2 aromatic carbocycles. The monoisotopic (exact) mass is 437 g/mol. The van der Waals surface area contributed by atoms with E-state index in [4.69, 9.17) is 27.7 Å². The van der Waals surface area contributed by atoms with Gasteiger partial charge in [-0.25, -0.2) is 8.42 Å². The first-order valence-corrected chi connectivity index (χ1v) is 11.0. The third-order valence-electron chi connectivity index (χ3n) is 4.71. The number of rotatable bonds is 4. The summed E-state index contributed by atoms with van der Waals surface area (Å²) in [6, 6.07) is 13.4. The largest absolute Gasteiger partial charge is 0.339 e. The summed E-state index contributed by atoms with van der Waals surface area (Å²) in [5.41, 5.74) is 0.754. The summed E-state index contributed by atoms with van der Waals surface area (Å²) in [5, 5.41) is 5.11. The molecule has 146 valence electrons. The molecule has 1 aliphatic rings. The second-order valence-corrected chi connectivity index (χ2v) is 9.43. The van der Waals surface area contributed by atoms with Crippen LogP contribution < -0.4 is 0 Å². The lowest BCUT2D eigenvalue weighted by atomic mass is 10.00. The number of benzene rings is 2. The molecule has 1 atom stereocenters. The Morgan fingerprint density at radius 3 is 2.61 bits per heavy atom. The zero-order valence-corrected chi connectivity index (χ0v) is 17.1. The molecule has 0 unspecified atom stereocenters. The first kappa shape index (κ1) is 19.4. The lowest BCUT2D eigenvalue weighted by Crippen LogP contribution is -2.39. The van der Waals surface area contributed by atoms with Gasteiger partial charge in [-0.1, -0.05) is 40.5 Å². The summed E-state index contributed by atoms with van der Waals surface area (Å²) in [6.45, 7) is 0.749. The highest BCUT2D eigenvalue weighted by Gasteiger charge is 2.33. The van der Waals surface area contributed by atoms with Gasteiger partial charge in [0.05, 0.1) is 10.8 Å². The fourth-order valence-corrected chi connectivity index (χ4v) is 5.10. The fourth-order valence-electron chi connectivity index (χ4n) is 3.26. The second-order valence-electron chi connectivity index (χ2n) is 6.62. The number of hydrogen-bond acceptors (Lipinski definition) is 5. The Labute approximate surface area is 173 Å². The summed E-state index contributed by atoms with van der Waals surface area (Å²) >= 11 is 11.9. The summed E-state index contributed by atoms with van der Waals surface area (Å²) in [4.78, 5) is 4.70. The third kappa shape index (κ3) is 3.93. The average molecular weight is 438 g/mol. The van der Waals surface area contributed by atoms with Gasteiger partial charge in [0.1, 0.15) is 0 Å². The minimum Gasteiger partial charge on any atom is -0.339 e. The minimum atomic E-state index is -3.60. The molecule has 0 bridgehead atoms. The summed E-state index contributed by atoms with van der Waals surface area (Å²) in [7, 11) is -3.60. The van der Waals surface area contributed by atoms with E-state index < -0.39 is 10.0 Å². The van der Waals surface area contributed by atoms with E-state index in [1.165, 1.54) is 16.4 Å². The lowest BCUT2D eigenvalue weighted by molar-refractivity contribution is 0.265. The number of hydrogen-bond donors (Lipinski definition) is 0. The van der Waals surface area contributed by atoms with Gasteiger partial charge >= 0.3 is 0 Å². The molecule has 0 saturated carbocycles. The topological polar surface area (TPSA) is 76.3 Å². The molecule has 6 nitrogen and oxygen atoms in total. The van der Waals surface area contributed by atoms with Crippen LogP contribution in [0.1, 0.15) is 24.7 Å². The van der Waals surface area contributed by atoms with Crippen LogP contribution in [0, 0.1) is 0 Å². The molecule has 9 heteroatoms. The molecule has 0 N–H and O–H groups in total. The molecule has 3 aromatic rings. The van der Waals surface area contributed by atoms with Gasteiger partial charge in [0.2, 0.25) is 21.7 Å². The van der Waals surface area contributed by atoms with Crippen LogP contribution in [-0.2, 0) is 10.0 Å². The Bertz CT molecular complexity index is 1080. The van der Waals surface area contributed by atoms with Crippen molar-refractivity contribution in [2.75, 3.05) is 13.1 Å². The Hall–Kier alpha value is -1.93. The van der Waals surface area contributed by atoms with Crippen molar-refractivity contribution < 1.29 is 12.9 Å². The minimum absolute atomic E-state index is 0.156. The van der Waals surface area contributed by atoms with Crippen LogP contribution in [0.25, 0.3) is 11.4 Å². The molecule has 28 heavy (non-hydrogen) atoms. The zero-order chi connectivity index (χ0) is 19.7. The van der Waals surface area contributed by atoms with E-state index in [0.29, 0.717) is 41.3 Å². The molecule has 1 aromatic heterocycles. The van der Waals surface area contributed by atoms with Crippen LogP contribution in [0.4, 0.5) is 0 Å². The normalized spacial score (nSPS) is 18.3. The maximum atomic E-state index is 12.9. The quantitative estimate of drug-likeness (QED) is 0.595. The van der Waals surface area contributed by atoms with E-state index in [2.05, 4.69) is 10.1 Å². The summed E-state index contributed by atoms with van der Waals surface area (Å²) in [5.74, 6) is 0.720. The van der Waals surface area contributed by atoms with Crippen LogP contribution in [0.3, 0.4) is 0 Å².